The van der Waals surface area contributed by atoms with Crippen molar-refractivity contribution in [1.29, 1.82) is 0 Å². The SMILES string of the molecule is CCCC1CCN(C(=O)NCC(C)CC(=O)O)C1. The van der Waals surface area contributed by atoms with Crippen molar-refractivity contribution in [2.45, 2.75) is 39.5 Å². The Morgan fingerprint density at radius 1 is 1.50 bits per heavy atom. The van der Waals surface area contributed by atoms with Gasteiger partial charge >= 0.3 is 12.0 Å². The van der Waals surface area contributed by atoms with Gasteiger partial charge in [0.05, 0.1) is 0 Å². The number of nitrogens with zero attached hydrogens (tertiary/aromatic N) is 1. The van der Waals surface area contributed by atoms with Crippen LogP contribution in [0, 0.1) is 11.8 Å². The van der Waals surface area contributed by atoms with Gasteiger partial charge in [-0.2, -0.15) is 0 Å². The van der Waals surface area contributed by atoms with E-state index in [4.69, 9.17) is 5.11 Å². The molecule has 0 bridgehead atoms. The second-order valence-electron chi connectivity index (χ2n) is 5.28. The summed E-state index contributed by atoms with van der Waals surface area (Å²) in [6.45, 7) is 6.09. The molecule has 0 aromatic heterocycles. The van der Waals surface area contributed by atoms with Gasteiger partial charge in [0.25, 0.3) is 0 Å². The smallest absolute Gasteiger partial charge is 0.317 e. The van der Waals surface area contributed by atoms with E-state index in [1.807, 2.05) is 11.8 Å². The van der Waals surface area contributed by atoms with Crippen LogP contribution in [0.5, 0.6) is 0 Å². The number of hydrogen-bond acceptors (Lipinski definition) is 2. The molecule has 18 heavy (non-hydrogen) atoms. The average molecular weight is 256 g/mol. The van der Waals surface area contributed by atoms with E-state index < -0.39 is 5.97 Å². The molecule has 2 unspecified atom stereocenters. The highest BCUT2D eigenvalue weighted by atomic mass is 16.4. The molecule has 104 valence electrons. The molecule has 1 aliphatic heterocycles. The van der Waals surface area contributed by atoms with Gasteiger partial charge in [-0.1, -0.05) is 20.3 Å². The first kappa shape index (κ1) is 14.8. The van der Waals surface area contributed by atoms with Gasteiger partial charge in [-0.3, -0.25) is 4.79 Å². The van der Waals surface area contributed by atoms with E-state index in [1.165, 1.54) is 6.42 Å². The zero-order valence-corrected chi connectivity index (χ0v) is 11.3. The van der Waals surface area contributed by atoms with E-state index in [2.05, 4.69) is 12.2 Å². The van der Waals surface area contributed by atoms with Gasteiger partial charge in [0.1, 0.15) is 0 Å². The summed E-state index contributed by atoms with van der Waals surface area (Å²) in [5, 5.41) is 11.4. The van der Waals surface area contributed by atoms with Crippen LogP contribution in [-0.2, 0) is 4.79 Å². The monoisotopic (exact) mass is 256 g/mol. The highest BCUT2D eigenvalue weighted by Crippen LogP contribution is 2.20. The van der Waals surface area contributed by atoms with E-state index in [0.717, 1.165) is 25.9 Å². The lowest BCUT2D eigenvalue weighted by Crippen LogP contribution is -2.40. The molecular weight excluding hydrogens is 232 g/mol. The first-order valence-corrected chi connectivity index (χ1v) is 6.77. The Balaban J connectivity index is 2.23. The molecule has 0 spiro atoms. The predicted molar refractivity (Wildman–Crippen MR) is 69.4 cm³/mol. The van der Waals surface area contributed by atoms with Crippen LogP contribution in [0.2, 0.25) is 0 Å². The summed E-state index contributed by atoms with van der Waals surface area (Å²) in [6.07, 6.45) is 3.53. The van der Waals surface area contributed by atoms with Gasteiger partial charge in [0.2, 0.25) is 0 Å². The Morgan fingerprint density at radius 2 is 2.22 bits per heavy atom. The van der Waals surface area contributed by atoms with Gasteiger partial charge in [-0.15, -0.1) is 0 Å². The summed E-state index contributed by atoms with van der Waals surface area (Å²) in [6, 6.07) is -0.0501. The Bertz CT molecular complexity index is 294. The van der Waals surface area contributed by atoms with Crippen LogP contribution in [0.25, 0.3) is 0 Å². The number of rotatable bonds is 6. The molecule has 2 atom stereocenters. The average Bonchev–Trinajstić information content (AvgIpc) is 2.74. The maximum Gasteiger partial charge on any atom is 0.317 e. The number of aliphatic carboxylic acids is 1. The Labute approximate surface area is 109 Å². The van der Waals surface area contributed by atoms with Crippen molar-refractivity contribution < 1.29 is 14.7 Å². The number of carboxylic acids is 1. The maximum atomic E-state index is 11.9. The number of likely N-dealkylation sites (tertiary alicyclic amines) is 1. The minimum absolute atomic E-state index is 0.0273. The second kappa shape index (κ2) is 7.24. The van der Waals surface area contributed by atoms with Crippen LogP contribution in [0.15, 0.2) is 0 Å². The predicted octanol–water partition coefficient (Wildman–Crippen LogP) is 1.93. The molecule has 1 aliphatic rings. The molecule has 2 amide bonds. The minimum atomic E-state index is -0.819. The van der Waals surface area contributed by atoms with Crippen LogP contribution in [-0.4, -0.2) is 41.6 Å². The van der Waals surface area contributed by atoms with Crippen molar-refractivity contribution >= 4 is 12.0 Å². The van der Waals surface area contributed by atoms with Crippen molar-refractivity contribution in [2.75, 3.05) is 19.6 Å². The second-order valence-corrected chi connectivity index (χ2v) is 5.28. The summed E-state index contributed by atoms with van der Waals surface area (Å²) in [5.41, 5.74) is 0. The third-order valence-corrected chi connectivity index (χ3v) is 3.39. The molecule has 0 radical (unpaired) electrons. The van der Waals surface area contributed by atoms with E-state index in [9.17, 15) is 9.59 Å². The molecule has 0 aromatic carbocycles. The number of amides is 2. The lowest BCUT2D eigenvalue weighted by atomic mass is 10.0. The standard InChI is InChI=1S/C13H24N2O3/c1-3-4-11-5-6-15(9-11)13(18)14-8-10(2)7-12(16)17/h10-11H,3-9H2,1-2H3,(H,14,18)(H,16,17). The number of hydrogen-bond donors (Lipinski definition) is 2. The van der Waals surface area contributed by atoms with Crippen molar-refractivity contribution in [1.82, 2.24) is 10.2 Å². The topological polar surface area (TPSA) is 69.6 Å². The van der Waals surface area contributed by atoms with Crippen molar-refractivity contribution in [3.8, 4) is 0 Å². The summed E-state index contributed by atoms with van der Waals surface area (Å²) < 4.78 is 0. The summed E-state index contributed by atoms with van der Waals surface area (Å²) in [5.74, 6) is -0.210. The molecule has 1 saturated heterocycles. The van der Waals surface area contributed by atoms with Gasteiger partial charge in [-0.25, -0.2) is 4.79 Å². The number of carbonyl (C=O) groups is 2. The van der Waals surface area contributed by atoms with E-state index in [-0.39, 0.29) is 18.4 Å². The van der Waals surface area contributed by atoms with Crippen molar-refractivity contribution in [3.05, 3.63) is 0 Å². The molecule has 2 N–H and O–H groups in total. The van der Waals surface area contributed by atoms with Crippen LogP contribution in [0.4, 0.5) is 4.79 Å². The summed E-state index contributed by atoms with van der Waals surface area (Å²) in [4.78, 5) is 24.2. The van der Waals surface area contributed by atoms with Gasteiger partial charge in [0, 0.05) is 26.1 Å². The Hall–Kier alpha value is -1.26. The number of carboxylic acid groups (broad SMARTS) is 1. The third kappa shape index (κ3) is 4.94. The summed E-state index contributed by atoms with van der Waals surface area (Å²) >= 11 is 0. The van der Waals surface area contributed by atoms with Crippen LogP contribution in [0.3, 0.4) is 0 Å². The molecule has 0 saturated carbocycles. The lowest BCUT2D eigenvalue weighted by Gasteiger charge is -2.18. The van der Waals surface area contributed by atoms with E-state index >= 15 is 0 Å². The fraction of sp³-hybridized carbons (Fsp3) is 0.846. The normalized spacial score (nSPS) is 20.8. The maximum absolute atomic E-state index is 11.9. The van der Waals surface area contributed by atoms with Gasteiger partial charge in [-0.05, 0) is 24.7 Å². The Kier molecular flexibility index (Phi) is 5.95. The molecule has 1 fully saturated rings. The first-order chi connectivity index (χ1) is 8.52. The highest BCUT2D eigenvalue weighted by Gasteiger charge is 2.25. The van der Waals surface area contributed by atoms with E-state index in [0.29, 0.717) is 12.5 Å². The number of carbonyl (C=O) groups excluding carboxylic acids is 1. The Morgan fingerprint density at radius 3 is 2.83 bits per heavy atom. The molecular formula is C13H24N2O3. The van der Waals surface area contributed by atoms with Crippen molar-refractivity contribution in [3.63, 3.8) is 0 Å². The van der Waals surface area contributed by atoms with Crippen LogP contribution < -0.4 is 5.32 Å². The zero-order chi connectivity index (χ0) is 13.5. The lowest BCUT2D eigenvalue weighted by molar-refractivity contribution is -0.137. The van der Waals surface area contributed by atoms with Gasteiger partial charge in [0.15, 0.2) is 0 Å². The third-order valence-electron chi connectivity index (χ3n) is 3.39. The fourth-order valence-electron chi connectivity index (χ4n) is 2.40. The minimum Gasteiger partial charge on any atom is -0.481 e. The van der Waals surface area contributed by atoms with Crippen LogP contribution in [0.1, 0.15) is 39.5 Å². The molecule has 0 aromatic rings. The molecule has 1 rings (SSSR count). The van der Waals surface area contributed by atoms with Crippen LogP contribution >= 0.6 is 0 Å². The summed E-state index contributed by atoms with van der Waals surface area (Å²) in [7, 11) is 0. The highest BCUT2D eigenvalue weighted by molar-refractivity contribution is 5.74. The molecule has 5 nitrogen and oxygen atoms in total. The van der Waals surface area contributed by atoms with Crippen molar-refractivity contribution in [2.24, 2.45) is 11.8 Å². The largest absolute Gasteiger partial charge is 0.481 e. The van der Waals surface area contributed by atoms with E-state index in [1.54, 1.807) is 0 Å². The fourth-order valence-corrected chi connectivity index (χ4v) is 2.40. The molecule has 0 aliphatic carbocycles. The quantitative estimate of drug-likeness (QED) is 0.763. The number of nitrogens with one attached hydrogen (secondary N) is 1. The zero-order valence-electron chi connectivity index (χ0n) is 11.3. The molecule has 1 heterocycles. The number of urea groups is 1. The van der Waals surface area contributed by atoms with Gasteiger partial charge < -0.3 is 15.3 Å². The molecule has 5 heteroatoms. The first-order valence-electron chi connectivity index (χ1n) is 6.77.